The van der Waals surface area contributed by atoms with Gasteiger partial charge in [0.15, 0.2) is 0 Å². The van der Waals surface area contributed by atoms with E-state index >= 15 is 0 Å². The molecule has 0 radical (unpaired) electrons. The number of hydrogen-bond donors (Lipinski definition) is 1. The Labute approximate surface area is 85.2 Å². The van der Waals surface area contributed by atoms with E-state index in [9.17, 15) is 4.39 Å². The molecular formula is C9H11BrFNO. The molecule has 72 valence electrons. The molecule has 0 saturated heterocycles. The second-order valence-corrected chi connectivity index (χ2v) is 3.40. The van der Waals surface area contributed by atoms with E-state index in [0.717, 1.165) is 5.69 Å². The van der Waals surface area contributed by atoms with Crippen molar-refractivity contribution >= 4 is 21.6 Å². The molecule has 0 spiro atoms. The van der Waals surface area contributed by atoms with Gasteiger partial charge in [-0.15, -0.1) is 0 Å². The van der Waals surface area contributed by atoms with Crippen LogP contribution in [0.25, 0.3) is 0 Å². The van der Waals surface area contributed by atoms with Gasteiger partial charge in [-0.2, -0.15) is 0 Å². The van der Waals surface area contributed by atoms with Crippen LogP contribution in [0.3, 0.4) is 0 Å². The second-order valence-electron chi connectivity index (χ2n) is 2.55. The molecule has 0 heterocycles. The number of nitrogens with one attached hydrogen (secondary N) is 1. The maximum atomic E-state index is 12.8. The quantitative estimate of drug-likeness (QED) is 0.827. The van der Waals surface area contributed by atoms with Crippen molar-refractivity contribution in [2.45, 2.75) is 0 Å². The average molecular weight is 248 g/mol. The number of halogens is 2. The lowest BCUT2D eigenvalue weighted by Gasteiger charge is -2.05. The van der Waals surface area contributed by atoms with Gasteiger partial charge in [0.2, 0.25) is 0 Å². The molecule has 2 nitrogen and oxygen atoms in total. The molecule has 0 aliphatic heterocycles. The summed E-state index contributed by atoms with van der Waals surface area (Å²) in [6, 6.07) is 4.81. The van der Waals surface area contributed by atoms with Gasteiger partial charge in [-0.05, 0) is 34.1 Å². The number of ether oxygens (including phenoxy) is 1. The topological polar surface area (TPSA) is 21.3 Å². The van der Waals surface area contributed by atoms with Crippen LogP contribution in [-0.4, -0.2) is 20.3 Å². The van der Waals surface area contributed by atoms with Gasteiger partial charge >= 0.3 is 0 Å². The van der Waals surface area contributed by atoms with E-state index in [1.54, 1.807) is 19.2 Å². The first kappa shape index (κ1) is 10.5. The monoisotopic (exact) mass is 247 g/mol. The van der Waals surface area contributed by atoms with Crippen LogP contribution in [0.4, 0.5) is 10.1 Å². The molecule has 0 amide bonds. The molecule has 1 rings (SSSR count). The van der Waals surface area contributed by atoms with Crippen LogP contribution in [-0.2, 0) is 4.74 Å². The van der Waals surface area contributed by atoms with Crippen molar-refractivity contribution in [2.75, 3.05) is 25.6 Å². The molecule has 0 aromatic heterocycles. The van der Waals surface area contributed by atoms with Crippen LogP contribution in [0, 0.1) is 5.82 Å². The molecule has 1 aromatic carbocycles. The molecule has 0 atom stereocenters. The third-order valence-electron chi connectivity index (χ3n) is 1.55. The Morgan fingerprint density at radius 2 is 2.31 bits per heavy atom. The van der Waals surface area contributed by atoms with Crippen LogP contribution < -0.4 is 5.32 Å². The fourth-order valence-electron chi connectivity index (χ4n) is 0.904. The van der Waals surface area contributed by atoms with Crippen LogP contribution in [0.15, 0.2) is 22.7 Å². The Bertz CT molecular complexity index is 280. The fourth-order valence-corrected chi connectivity index (χ4v) is 1.28. The SMILES string of the molecule is COCCNc1ccc(F)c(Br)c1. The van der Waals surface area contributed by atoms with Crippen molar-refractivity contribution in [1.29, 1.82) is 0 Å². The lowest BCUT2D eigenvalue weighted by atomic mass is 10.3. The van der Waals surface area contributed by atoms with Crippen molar-refractivity contribution in [3.63, 3.8) is 0 Å². The van der Waals surface area contributed by atoms with E-state index in [2.05, 4.69) is 21.2 Å². The number of anilines is 1. The molecule has 1 N–H and O–H groups in total. The zero-order valence-electron chi connectivity index (χ0n) is 7.31. The summed E-state index contributed by atoms with van der Waals surface area (Å²) >= 11 is 3.11. The van der Waals surface area contributed by atoms with Crippen LogP contribution in [0.5, 0.6) is 0 Å². The summed E-state index contributed by atoms with van der Waals surface area (Å²) in [7, 11) is 1.64. The minimum atomic E-state index is -0.253. The summed E-state index contributed by atoms with van der Waals surface area (Å²) in [6.07, 6.45) is 0. The largest absolute Gasteiger partial charge is 0.383 e. The Morgan fingerprint density at radius 1 is 1.54 bits per heavy atom. The lowest BCUT2D eigenvalue weighted by molar-refractivity contribution is 0.211. The molecule has 0 saturated carbocycles. The molecule has 0 aliphatic rings. The van der Waals surface area contributed by atoms with Gasteiger partial charge in [0.1, 0.15) is 5.82 Å². The maximum absolute atomic E-state index is 12.8. The van der Waals surface area contributed by atoms with E-state index in [-0.39, 0.29) is 5.82 Å². The Balaban J connectivity index is 2.53. The van der Waals surface area contributed by atoms with E-state index in [1.807, 2.05) is 0 Å². The predicted octanol–water partition coefficient (Wildman–Crippen LogP) is 2.65. The van der Waals surface area contributed by atoms with Crippen molar-refractivity contribution in [3.05, 3.63) is 28.5 Å². The summed E-state index contributed by atoms with van der Waals surface area (Å²) in [4.78, 5) is 0. The van der Waals surface area contributed by atoms with Gasteiger partial charge in [-0.25, -0.2) is 4.39 Å². The van der Waals surface area contributed by atoms with Crippen LogP contribution in [0.1, 0.15) is 0 Å². The first-order chi connectivity index (χ1) is 6.24. The van der Waals surface area contributed by atoms with Crippen LogP contribution in [0.2, 0.25) is 0 Å². The smallest absolute Gasteiger partial charge is 0.137 e. The van der Waals surface area contributed by atoms with E-state index in [0.29, 0.717) is 17.6 Å². The Kier molecular flexibility index (Phi) is 4.18. The Morgan fingerprint density at radius 3 is 2.92 bits per heavy atom. The molecule has 1 aromatic rings. The van der Waals surface area contributed by atoms with Gasteiger partial charge < -0.3 is 10.1 Å². The summed E-state index contributed by atoms with van der Waals surface area (Å²) in [5, 5.41) is 3.09. The van der Waals surface area contributed by atoms with Crippen molar-refractivity contribution < 1.29 is 9.13 Å². The van der Waals surface area contributed by atoms with E-state index in [4.69, 9.17) is 4.74 Å². The maximum Gasteiger partial charge on any atom is 0.137 e. The molecule has 4 heteroatoms. The van der Waals surface area contributed by atoms with Gasteiger partial charge in [0.25, 0.3) is 0 Å². The molecule has 0 unspecified atom stereocenters. The van der Waals surface area contributed by atoms with Crippen LogP contribution >= 0.6 is 15.9 Å². The molecule has 0 fully saturated rings. The third-order valence-corrected chi connectivity index (χ3v) is 2.16. The summed E-state index contributed by atoms with van der Waals surface area (Å²) < 4.78 is 18.1. The highest BCUT2D eigenvalue weighted by Gasteiger charge is 1.98. The fraction of sp³-hybridized carbons (Fsp3) is 0.333. The second kappa shape index (κ2) is 5.19. The molecule has 0 aliphatic carbocycles. The first-order valence-corrected chi connectivity index (χ1v) is 4.71. The number of hydrogen-bond acceptors (Lipinski definition) is 2. The van der Waals surface area contributed by atoms with Gasteiger partial charge in [-0.1, -0.05) is 0 Å². The zero-order chi connectivity index (χ0) is 9.68. The van der Waals surface area contributed by atoms with Gasteiger partial charge in [-0.3, -0.25) is 0 Å². The van der Waals surface area contributed by atoms with E-state index < -0.39 is 0 Å². The predicted molar refractivity (Wildman–Crippen MR) is 54.5 cm³/mol. The standard InChI is InChI=1S/C9H11BrFNO/c1-13-5-4-12-7-2-3-9(11)8(10)6-7/h2-3,6,12H,4-5H2,1H3. The molecule has 0 bridgehead atoms. The summed E-state index contributed by atoms with van der Waals surface area (Å²) in [6.45, 7) is 1.35. The minimum absolute atomic E-state index is 0.253. The van der Waals surface area contributed by atoms with Gasteiger partial charge in [0, 0.05) is 19.3 Å². The highest BCUT2D eigenvalue weighted by atomic mass is 79.9. The highest BCUT2D eigenvalue weighted by molar-refractivity contribution is 9.10. The van der Waals surface area contributed by atoms with Gasteiger partial charge in [0.05, 0.1) is 11.1 Å². The van der Waals surface area contributed by atoms with Crippen molar-refractivity contribution in [1.82, 2.24) is 0 Å². The number of rotatable bonds is 4. The molecular weight excluding hydrogens is 237 g/mol. The normalized spacial score (nSPS) is 10.1. The van der Waals surface area contributed by atoms with E-state index in [1.165, 1.54) is 6.07 Å². The number of benzene rings is 1. The summed E-state index contributed by atoms with van der Waals surface area (Å²) in [5.74, 6) is -0.253. The minimum Gasteiger partial charge on any atom is -0.383 e. The summed E-state index contributed by atoms with van der Waals surface area (Å²) in [5.41, 5.74) is 0.880. The lowest BCUT2D eigenvalue weighted by Crippen LogP contribution is -2.07. The van der Waals surface area contributed by atoms with Crippen molar-refractivity contribution in [3.8, 4) is 0 Å². The highest BCUT2D eigenvalue weighted by Crippen LogP contribution is 2.19. The third kappa shape index (κ3) is 3.32. The molecule has 13 heavy (non-hydrogen) atoms. The number of methoxy groups -OCH3 is 1. The average Bonchev–Trinajstić information content (AvgIpc) is 2.12. The Hall–Kier alpha value is -0.610. The van der Waals surface area contributed by atoms with Crippen molar-refractivity contribution in [2.24, 2.45) is 0 Å². The zero-order valence-corrected chi connectivity index (χ0v) is 8.90. The first-order valence-electron chi connectivity index (χ1n) is 3.92.